The number of hydrogen-bond acceptors (Lipinski definition) is 5. The highest BCUT2D eigenvalue weighted by molar-refractivity contribution is 9.10. The molecule has 4 aromatic rings. The van der Waals surface area contributed by atoms with Crippen molar-refractivity contribution in [2.45, 2.75) is 27.3 Å². The molecular weight excluding hydrogens is 484 g/mol. The zero-order chi connectivity index (χ0) is 23.5. The van der Waals surface area contributed by atoms with Crippen LogP contribution in [0.3, 0.4) is 0 Å². The summed E-state index contributed by atoms with van der Waals surface area (Å²) in [6.07, 6.45) is 0. The van der Waals surface area contributed by atoms with Crippen LogP contribution >= 0.6 is 15.9 Å². The Morgan fingerprint density at radius 2 is 1.94 bits per heavy atom. The molecule has 0 amide bonds. The zero-order valence-corrected chi connectivity index (χ0v) is 20.2. The highest BCUT2D eigenvalue weighted by atomic mass is 79.9. The van der Waals surface area contributed by atoms with Crippen molar-refractivity contribution in [2.75, 3.05) is 13.2 Å². The Morgan fingerprint density at radius 3 is 2.61 bits per heavy atom. The highest BCUT2D eigenvalue weighted by Crippen LogP contribution is 2.34. The van der Waals surface area contributed by atoms with Gasteiger partial charge in [0.1, 0.15) is 6.07 Å². The quantitative estimate of drug-likeness (QED) is 0.329. The number of esters is 1. The van der Waals surface area contributed by atoms with Gasteiger partial charge in [-0.25, -0.2) is 4.79 Å². The Hall–Kier alpha value is -3.57. The molecule has 0 aliphatic rings. The number of hydrogen-bond donors (Lipinski definition) is 1. The standard InChI is InChI=1S/C25H23BrN4O3/c1-4-32-24(31)18-7-6-8-20-22(18)30(25(29-20)33-5-2)14-16-9-11-17(12-10-16)21-19(13-27)15(3)28-23(21)26/h6-12,28H,4-5,14H2,1-3H3. The minimum absolute atomic E-state index is 0.294. The van der Waals surface area contributed by atoms with Gasteiger partial charge in [0.05, 0.1) is 46.5 Å². The van der Waals surface area contributed by atoms with Crippen LogP contribution in [0.15, 0.2) is 47.1 Å². The van der Waals surface area contributed by atoms with Gasteiger partial charge in [-0.05, 0) is 60.0 Å². The Morgan fingerprint density at radius 1 is 1.18 bits per heavy atom. The molecule has 0 saturated carbocycles. The second kappa shape index (κ2) is 9.51. The van der Waals surface area contributed by atoms with Gasteiger partial charge in [-0.2, -0.15) is 10.2 Å². The Bertz CT molecular complexity index is 1360. The van der Waals surface area contributed by atoms with Crippen LogP contribution in [0.2, 0.25) is 0 Å². The monoisotopic (exact) mass is 506 g/mol. The fourth-order valence-corrected chi connectivity index (χ4v) is 4.61. The van der Waals surface area contributed by atoms with Gasteiger partial charge in [-0.15, -0.1) is 0 Å². The maximum absolute atomic E-state index is 12.6. The van der Waals surface area contributed by atoms with Crippen LogP contribution in [-0.2, 0) is 11.3 Å². The molecule has 0 radical (unpaired) electrons. The minimum atomic E-state index is -0.389. The molecule has 0 atom stereocenters. The lowest BCUT2D eigenvalue weighted by atomic mass is 10.0. The Balaban J connectivity index is 1.75. The molecule has 0 unspecified atom stereocenters. The molecule has 2 heterocycles. The van der Waals surface area contributed by atoms with Gasteiger partial charge in [0.15, 0.2) is 0 Å². The summed E-state index contributed by atoms with van der Waals surface area (Å²) in [7, 11) is 0. The molecule has 1 N–H and O–H groups in total. The summed E-state index contributed by atoms with van der Waals surface area (Å²) in [5.74, 6) is -0.389. The largest absolute Gasteiger partial charge is 0.465 e. The lowest BCUT2D eigenvalue weighted by molar-refractivity contribution is 0.0528. The molecule has 0 aliphatic carbocycles. The number of benzene rings is 2. The third kappa shape index (κ3) is 4.24. The SMILES string of the molecule is CCOC(=O)c1cccc2nc(OCC)n(Cc3ccc(-c4c(Br)[nH]c(C)c4C#N)cc3)c12. The van der Waals surface area contributed by atoms with Gasteiger partial charge in [0, 0.05) is 11.3 Å². The number of nitriles is 1. The first-order valence-corrected chi connectivity index (χ1v) is 11.4. The molecule has 0 spiro atoms. The van der Waals surface area contributed by atoms with Gasteiger partial charge < -0.3 is 14.5 Å². The van der Waals surface area contributed by atoms with Crippen molar-refractivity contribution in [3.63, 3.8) is 0 Å². The van der Waals surface area contributed by atoms with E-state index < -0.39 is 0 Å². The van der Waals surface area contributed by atoms with Crippen molar-refractivity contribution in [1.29, 1.82) is 5.26 Å². The minimum Gasteiger partial charge on any atom is -0.465 e. The average molecular weight is 507 g/mol. The number of ether oxygens (including phenoxy) is 2. The van der Waals surface area contributed by atoms with E-state index in [2.05, 4.69) is 32.0 Å². The Labute approximate surface area is 200 Å². The number of aromatic amines is 1. The summed E-state index contributed by atoms with van der Waals surface area (Å²) >= 11 is 3.52. The number of halogens is 1. The van der Waals surface area contributed by atoms with E-state index in [9.17, 15) is 10.1 Å². The van der Waals surface area contributed by atoms with Crippen molar-refractivity contribution in [3.8, 4) is 23.2 Å². The number of carbonyl (C=O) groups excluding carboxylic acids is 1. The van der Waals surface area contributed by atoms with E-state index in [0.29, 0.717) is 47.9 Å². The maximum atomic E-state index is 12.6. The number of nitrogens with zero attached hydrogens (tertiary/aromatic N) is 3. The average Bonchev–Trinajstić information content (AvgIpc) is 3.30. The lowest BCUT2D eigenvalue weighted by Crippen LogP contribution is -2.10. The van der Waals surface area contributed by atoms with Gasteiger partial charge in [0.2, 0.25) is 0 Å². The summed E-state index contributed by atoms with van der Waals surface area (Å²) < 4.78 is 13.7. The van der Waals surface area contributed by atoms with Crippen LogP contribution in [0, 0.1) is 18.3 Å². The number of aryl methyl sites for hydroxylation is 1. The van der Waals surface area contributed by atoms with E-state index in [1.165, 1.54) is 0 Å². The number of fused-ring (bicyclic) bond motifs is 1. The summed E-state index contributed by atoms with van der Waals surface area (Å²) in [5, 5.41) is 9.54. The molecule has 168 valence electrons. The first-order valence-electron chi connectivity index (χ1n) is 10.6. The van der Waals surface area contributed by atoms with Crippen LogP contribution in [-0.4, -0.2) is 33.7 Å². The van der Waals surface area contributed by atoms with E-state index >= 15 is 0 Å². The number of nitrogens with one attached hydrogen (secondary N) is 1. The Kier molecular flexibility index (Phi) is 6.52. The van der Waals surface area contributed by atoms with Crippen LogP contribution < -0.4 is 4.74 Å². The fourth-order valence-electron chi connectivity index (χ4n) is 3.88. The van der Waals surface area contributed by atoms with Crippen LogP contribution in [0.4, 0.5) is 0 Å². The molecule has 0 saturated heterocycles. The molecule has 0 bridgehead atoms. The molecule has 7 nitrogen and oxygen atoms in total. The first kappa shape index (κ1) is 22.6. The normalized spacial score (nSPS) is 10.9. The molecule has 8 heteroatoms. The van der Waals surface area contributed by atoms with Gasteiger partial charge in [0.25, 0.3) is 6.01 Å². The van der Waals surface area contributed by atoms with Gasteiger partial charge in [-0.3, -0.25) is 4.57 Å². The molecular formula is C25H23BrN4O3. The molecule has 33 heavy (non-hydrogen) atoms. The smallest absolute Gasteiger partial charge is 0.340 e. The third-order valence-corrected chi connectivity index (χ3v) is 5.93. The van der Waals surface area contributed by atoms with E-state index in [1.807, 2.05) is 48.7 Å². The van der Waals surface area contributed by atoms with Crippen LogP contribution in [0.5, 0.6) is 6.01 Å². The second-order valence-corrected chi connectivity index (χ2v) is 8.22. The number of carbonyl (C=O) groups is 1. The van der Waals surface area contributed by atoms with Crippen molar-refractivity contribution in [3.05, 3.63) is 69.5 Å². The highest BCUT2D eigenvalue weighted by Gasteiger charge is 2.20. The summed E-state index contributed by atoms with van der Waals surface area (Å²) in [6, 6.07) is 16.1. The van der Waals surface area contributed by atoms with Crippen LogP contribution in [0.25, 0.3) is 22.2 Å². The molecule has 0 aliphatic heterocycles. The topological polar surface area (TPSA) is 92.9 Å². The van der Waals surface area contributed by atoms with E-state index in [0.717, 1.165) is 27.0 Å². The molecule has 2 aromatic carbocycles. The number of imidazole rings is 1. The van der Waals surface area contributed by atoms with Crippen LogP contribution in [0.1, 0.15) is 41.0 Å². The molecule has 0 fully saturated rings. The number of aromatic nitrogens is 3. The van der Waals surface area contributed by atoms with Crippen molar-refractivity contribution in [1.82, 2.24) is 14.5 Å². The first-order chi connectivity index (χ1) is 16.0. The van der Waals surface area contributed by atoms with Crippen molar-refractivity contribution < 1.29 is 14.3 Å². The predicted molar refractivity (Wildman–Crippen MR) is 129 cm³/mol. The zero-order valence-electron chi connectivity index (χ0n) is 18.6. The van der Waals surface area contributed by atoms with Gasteiger partial charge >= 0.3 is 5.97 Å². The number of H-pyrrole nitrogens is 1. The molecule has 2 aromatic heterocycles. The lowest BCUT2D eigenvalue weighted by Gasteiger charge is -2.12. The predicted octanol–water partition coefficient (Wildman–Crippen LogP) is 5.60. The van der Waals surface area contributed by atoms with Gasteiger partial charge in [-0.1, -0.05) is 30.3 Å². The van der Waals surface area contributed by atoms with E-state index in [1.54, 1.807) is 19.1 Å². The second-order valence-electron chi connectivity index (χ2n) is 7.43. The summed E-state index contributed by atoms with van der Waals surface area (Å²) in [6.45, 7) is 6.76. The number of para-hydroxylation sites is 1. The van der Waals surface area contributed by atoms with E-state index in [4.69, 9.17) is 9.47 Å². The molecule has 4 rings (SSSR count). The van der Waals surface area contributed by atoms with Crippen molar-refractivity contribution >= 4 is 32.9 Å². The fraction of sp³-hybridized carbons (Fsp3) is 0.240. The summed E-state index contributed by atoms with van der Waals surface area (Å²) in [5.41, 5.74) is 6.02. The number of rotatable bonds is 7. The van der Waals surface area contributed by atoms with Crippen molar-refractivity contribution in [2.24, 2.45) is 0 Å². The third-order valence-electron chi connectivity index (χ3n) is 5.34. The summed E-state index contributed by atoms with van der Waals surface area (Å²) in [4.78, 5) is 20.3. The van der Waals surface area contributed by atoms with E-state index in [-0.39, 0.29) is 5.97 Å². The maximum Gasteiger partial charge on any atom is 0.340 e.